The van der Waals surface area contributed by atoms with E-state index in [9.17, 15) is 0 Å². The summed E-state index contributed by atoms with van der Waals surface area (Å²) in [6.45, 7) is 5.74. The minimum absolute atomic E-state index is 0.0636. The van der Waals surface area contributed by atoms with Crippen LogP contribution in [0.1, 0.15) is 23.6 Å². The normalized spacial score (nSPS) is 12.5. The fraction of sp³-hybridized carbons (Fsp3) is 0.273. The van der Waals surface area contributed by atoms with Gasteiger partial charge in [-0.2, -0.15) is 0 Å². The Balaban J connectivity index is 2.93. The molecule has 0 spiro atoms. The van der Waals surface area contributed by atoms with E-state index >= 15 is 0 Å². The van der Waals surface area contributed by atoms with E-state index in [-0.39, 0.29) is 6.04 Å². The van der Waals surface area contributed by atoms with Crippen molar-refractivity contribution in [3.8, 4) is 0 Å². The zero-order valence-electron chi connectivity index (χ0n) is 7.76. The summed E-state index contributed by atoms with van der Waals surface area (Å²) in [7, 11) is 0. The number of nitrogens with two attached hydrogens (primary N) is 1. The van der Waals surface area contributed by atoms with E-state index in [0.29, 0.717) is 0 Å². The Morgan fingerprint density at radius 3 is 2.77 bits per heavy atom. The van der Waals surface area contributed by atoms with Crippen molar-refractivity contribution in [2.75, 3.05) is 0 Å². The summed E-state index contributed by atoms with van der Waals surface area (Å²) < 4.78 is 1.09. The van der Waals surface area contributed by atoms with Gasteiger partial charge in [-0.25, -0.2) is 0 Å². The molecule has 70 valence electrons. The van der Waals surface area contributed by atoms with Crippen LogP contribution in [-0.2, 0) is 0 Å². The van der Waals surface area contributed by atoms with Crippen molar-refractivity contribution in [3.63, 3.8) is 0 Å². The van der Waals surface area contributed by atoms with E-state index in [1.807, 2.05) is 6.08 Å². The molecule has 1 rings (SSSR count). The second-order valence-electron chi connectivity index (χ2n) is 3.19. The predicted octanol–water partition coefficient (Wildman–Crippen LogP) is 3.33. The summed E-state index contributed by atoms with van der Waals surface area (Å²) in [4.78, 5) is 0. The van der Waals surface area contributed by atoms with Crippen molar-refractivity contribution in [3.05, 3.63) is 46.5 Å². The molecule has 0 aliphatic rings. The summed E-state index contributed by atoms with van der Waals surface area (Å²) in [5.74, 6) is 0. The number of benzene rings is 1. The van der Waals surface area contributed by atoms with Gasteiger partial charge in [-0.05, 0) is 36.6 Å². The lowest BCUT2D eigenvalue weighted by atomic mass is 10.0. The van der Waals surface area contributed by atoms with Gasteiger partial charge in [-0.1, -0.05) is 28.1 Å². The molecule has 0 saturated heterocycles. The summed E-state index contributed by atoms with van der Waals surface area (Å²) in [6, 6.07) is 6.30. The Kier molecular flexibility index (Phi) is 3.70. The van der Waals surface area contributed by atoms with E-state index < -0.39 is 0 Å². The summed E-state index contributed by atoms with van der Waals surface area (Å²) in [6.07, 6.45) is 2.66. The van der Waals surface area contributed by atoms with Gasteiger partial charge in [0.05, 0.1) is 0 Å². The van der Waals surface area contributed by atoms with Crippen LogP contribution in [0.4, 0.5) is 0 Å². The van der Waals surface area contributed by atoms with E-state index in [0.717, 1.165) is 16.5 Å². The molecule has 0 aliphatic carbocycles. The molecule has 0 unspecified atom stereocenters. The van der Waals surface area contributed by atoms with Crippen LogP contribution < -0.4 is 5.73 Å². The second-order valence-corrected chi connectivity index (χ2v) is 4.11. The molecule has 0 aromatic heterocycles. The highest BCUT2D eigenvalue weighted by atomic mass is 79.9. The molecule has 0 aliphatic heterocycles. The van der Waals surface area contributed by atoms with Gasteiger partial charge in [0.25, 0.3) is 0 Å². The highest BCUT2D eigenvalue weighted by molar-refractivity contribution is 9.10. The molecule has 13 heavy (non-hydrogen) atoms. The van der Waals surface area contributed by atoms with Gasteiger partial charge in [-0.3, -0.25) is 0 Å². The van der Waals surface area contributed by atoms with Crippen molar-refractivity contribution in [2.45, 2.75) is 19.4 Å². The van der Waals surface area contributed by atoms with Crippen LogP contribution in [-0.4, -0.2) is 0 Å². The average Bonchev–Trinajstić information content (AvgIpc) is 2.03. The molecule has 0 radical (unpaired) electrons. The molecule has 0 bridgehead atoms. The summed E-state index contributed by atoms with van der Waals surface area (Å²) >= 11 is 3.45. The van der Waals surface area contributed by atoms with Crippen molar-refractivity contribution < 1.29 is 0 Å². The van der Waals surface area contributed by atoms with Crippen LogP contribution in [0, 0.1) is 6.92 Å². The molecular weight excluding hydrogens is 226 g/mol. The van der Waals surface area contributed by atoms with Crippen LogP contribution in [0.25, 0.3) is 0 Å². The van der Waals surface area contributed by atoms with E-state index in [4.69, 9.17) is 5.73 Å². The second kappa shape index (κ2) is 4.58. The SMILES string of the molecule is C=CC[C@@H](N)c1cc(C)cc(Br)c1. The van der Waals surface area contributed by atoms with E-state index in [2.05, 4.69) is 47.6 Å². The zero-order chi connectivity index (χ0) is 9.84. The molecule has 1 nitrogen and oxygen atoms in total. The van der Waals surface area contributed by atoms with Crippen molar-refractivity contribution in [1.82, 2.24) is 0 Å². The number of hydrogen-bond acceptors (Lipinski definition) is 1. The molecule has 0 saturated carbocycles. The fourth-order valence-electron chi connectivity index (χ4n) is 1.29. The Morgan fingerprint density at radius 2 is 2.23 bits per heavy atom. The maximum absolute atomic E-state index is 5.95. The topological polar surface area (TPSA) is 26.0 Å². The van der Waals surface area contributed by atoms with Crippen molar-refractivity contribution in [2.24, 2.45) is 5.73 Å². The average molecular weight is 240 g/mol. The molecule has 1 aromatic rings. The number of aryl methyl sites for hydroxylation is 1. The number of halogens is 1. The Morgan fingerprint density at radius 1 is 1.54 bits per heavy atom. The molecule has 0 heterocycles. The quantitative estimate of drug-likeness (QED) is 0.805. The lowest BCUT2D eigenvalue weighted by Gasteiger charge is -2.10. The van der Waals surface area contributed by atoms with E-state index in [1.54, 1.807) is 0 Å². The van der Waals surface area contributed by atoms with Gasteiger partial charge in [0.2, 0.25) is 0 Å². The molecule has 0 fully saturated rings. The minimum atomic E-state index is 0.0636. The Bertz CT molecular complexity index is 287. The molecule has 1 aromatic carbocycles. The van der Waals surface area contributed by atoms with Gasteiger partial charge in [0.1, 0.15) is 0 Å². The maximum Gasteiger partial charge on any atom is 0.0330 e. The Hall–Kier alpha value is -0.600. The van der Waals surface area contributed by atoms with Gasteiger partial charge in [-0.15, -0.1) is 6.58 Å². The number of hydrogen-bond donors (Lipinski definition) is 1. The first-order valence-electron chi connectivity index (χ1n) is 4.27. The first kappa shape index (κ1) is 10.5. The third kappa shape index (κ3) is 2.98. The smallest absolute Gasteiger partial charge is 0.0330 e. The van der Waals surface area contributed by atoms with Gasteiger partial charge in [0.15, 0.2) is 0 Å². The van der Waals surface area contributed by atoms with Crippen LogP contribution in [0.3, 0.4) is 0 Å². The van der Waals surface area contributed by atoms with Gasteiger partial charge in [0, 0.05) is 10.5 Å². The van der Waals surface area contributed by atoms with Crippen LogP contribution >= 0.6 is 15.9 Å². The van der Waals surface area contributed by atoms with Crippen LogP contribution in [0.5, 0.6) is 0 Å². The lowest BCUT2D eigenvalue weighted by Crippen LogP contribution is -2.09. The van der Waals surface area contributed by atoms with Crippen molar-refractivity contribution >= 4 is 15.9 Å². The van der Waals surface area contributed by atoms with Crippen LogP contribution in [0.2, 0.25) is 0 Å². The minimum Gasteiger partial charge on any atom is -0.324 e. The van der Waals surface area contributed by atoms with E-state index in [1.165, 1.54) is 5.56 Å². The largest absolute Gasteiger partial charge is 0.324 e. The summed E-state index contributed by atoms with van der Waals surface area (Å²) in [5.41, 5.74) is 8.34. The fourth-order valence-corrected chi connectivity index (χ4v) is 1.92. The lowest BCUT2D eigenvalue weighted by molar-refractivity contribution is 0.740. The molecule has 2 heteroatoms. The third-order valence-electron chi connectivity index (χ3n) is 1.91. The third-order valence-corrected chi connectivity index (χ3v) is 2.37. The maximum atomic E-state index is 5.95. The highest BCUT2D eigenvalue weighted by Gasteiger charge is 2.04. The molecule has 0 amide bonds. The monoisotopic (exact) mass is 239 g/mol. The van der Waals surface area contributed by atoms with Gasteiger partial charge < -0.3 is 5.73 Å². The van der Waals surface area contributed by atoms with Crippen LogP contribution in [0.15, 0.2) is 35.3 Å². The first-order chi connectivity index (χ1) is 6.13. The van der Waals surface area contributed by atoms with Crippen molar-refractivity contribution in [1.29, 1.82) is 0 Å². The molecular formula is C11H14BrN. The standard InChI is InChI=1S/C11H14BrN/c1-3-4-11(13)9-5-8(2)6-10(12)7-9/h3,5-7,11H,1,4,13H2,2H3/t11-/m1/s1. The number of rotatable bonds is 3. The van der Waals surface area contributed by atoms with Gasteiger partial charge >= 0.3 is 0 Å². The highest BCUT2D eigenvalue weighted by Crippen LogP contribution is 2.21. The Labute approximate surface area is 87.8 Å². The molecule has 1 atom stereocenters. The zero-order valence-corrected chi connectivity index (χ0v) is 9.34. The molecule has 2 N–H and O–H groups in total. The summed E-state index contributed by atoms with van der Waals surface area (Å²) in [5, 5.41) is 0. The first-order valence-corrected chi connectivity index (χ1v) is 5.06. The predicted molar refractivity (Wildman–Crippen MR) is 60.6 cm³/mol.